The molecule has 0 N–H and O–H groups in total. The first-order valence-corrected chi connectivity index (χ1v) is 8.32. The highest BCUT2D eigenvalue weighted by Crippen LogP contribution is 2.27. The molecule has 25 heavy (non-hydrogen) atoms. The average molecular weight is 329 g/mol. The summed E-state index contributed by atoms with van der Waals surface area (Å²) < 4.78 is 5.82. The van der Waals surface area contributed by atoms with Crippen LogP contribution in [0.15, 0.2) is 78.9 Å². The molecule has 0 aliphatic heterocycles. The molecule has 0 spiro atoms. The van der Waals surface area contributed by atoms with Crippen LogP contribution in [0.4, 0.5) is 0 Å². The molecule has 3 rings (SSSR count). The second-order valence-electron chi connectivity index (χ2n) is 6.13. The number of Topliss-reactive ketones (excluding diaryl/α,β-unsaturated/α-hetero) is 1. The molecule has 0 bridgehead atoms. The van der Waals surface area contributed by atoms with Crippen molar-refractivity contribution >= 4 is 5.78 Å². The predicted octanol–water partition coefficient (Wildman–Crippen LogP) is 5.17. The number of ether oxygens (including phenoxy) is 1. The van der Waals surface area contributed by atoms with Crippen LogP contribution in [0.5, 0.6) is 5.75 Å². The Hall–Kier alpha value is -2.87. The Bertz CT molecular complexity index is 818. The fourth-order valence-corrected chi connectivity index (χ4v) is 2.87. The summed E-state index contributed by atoms with van der Waals surface area (Å²) in [6, 6.07) is 25.6. The molecule has 0 heterocycles. The summed E-state index contributed by atoms with van der Waals surface area (Å²) in [5, 5.41) is 0. The van der Waals surface area contributed by atoms with Gasteiger partial charge in [0.1, 0.15) is 18.1 Å². The third-order valence-electron chi connectivity index (χ3n) is 4.18. The van der Waals surface area contributed by atoms with Crippen LogP contribution in [-0.2, 0) is 11.4 Å². The van der Waals surface area contributed by atoms with Gasteiger partial charge >= 0.3 is 0 Å². The maximum atomic E-state index is 12.2. The van der Waals surface area contributed by atoms with Crippen LogP contribution in [0.2, 0.25) is 0 Å². The molecule has 2 heteroatoms. The van der Waals surface area contributed by atoms with E-state index in [-0.39, 0.29) is 11.7 Å². The number of hydrogen-bond donors (Lipinski definition) is 0. The highest BCUT2D eigenvalue weighted by molar-refractivity contribution is 5.87. The van der Waals surface area contributed by atoms with Crippen molar-refractivity contribution in [2.24, 2.45) is 0 Å². The molecule has 0 saturated carbocycles. The summed E-state index contributed by atoms with van der Waals surface area (Å²) >= 11 is 0. The smallest absolute Gasteiger partial charge is 0.141 e. The van der Waals surface area contributed by atoms with Crippen molar-refractivity contribution in [3.8, 4) is 5.75 Å². The number of rotatable bonds is 6. The van der Waals surface area contributed by atoms with Gasteiger partial charge in [0.05, 0.1) is 5.92 Å². The van der Waals surface area contributed by atoms with Crippen LogP contribution in [-0.4, -0.2) is 5.78 Å². The maximum absolute atomic E-state index is 12.2. The molecule has 2 nitrogen and oxygen atoms in total. The van der Waals surface area contributed by atoms with Gasteiger partial charge in [-0.1, -0.05) is 66.7 Å². The largest absolute Gasteiger partial charge is 0.489 e. The molecule has 125 valence electrons. The minimum atomic E-state index is -0.260. The lowest BCUT2D eigenvalue weighted by Crippen LogP contribution is -2.10. The monoisotopic (exact) mass is 329 g/mol. The first kappa shape index (κ1) is 17.0. The third-order valence-corrected chi connectivity index (χ3v) is 4.18. The van der Waals surface area contributed by atoms with Gasteiger partial charge in [-0.2, -0.15) is 0 Å². The van der Waals surface area contributed by atoms with E-state index in [9.17, 15) is 4.79 Å². The average Bonchev–Trinajstić information content (AvgIpc) is 2.63. The van der Waals surface area contributed by atoms with Crippen LogP contribution in [0.25, 0.3) is 0 Å². The van der Waals surface area contributed by atoms with Gasteiger partial charge in [-0.05, 0) is 48.2 Å². The predicted molar refractivity (Wildman–Crippen MR) is 101 cm³/mol. The number of carbonyl (C=O) groups is 1. The van der Waals surface area contributed by atoms with E-state index in [1.165, 1.54) is 0 Å². The topological polar surface area (TPSA) is 26.3 Å². The number of hydrogen-bond acceptors (Lipinski definition) is 2. The number of carbonyl (C=O) groups excluding carboxylic acids is 1. The molecule has 0 saturated heterocycles. The van der Waals surface area contributed by atoms with E-state index in [0.29, 0.717) is 6.61 Å². The molecule has 1 atom stereocenters. The maximum Gasteiger partial charge on any atom is 0.141 e. The lowest BCUT2D eigenvalue weighted by molar-refractivity contribution is -0.117. The lowest BCUT2D eigenvalue weighted by Gasteiger charge is -2.16. The molecular formula is C23H21O2. The Morgan fingerprint density at radius 3 is 2.00 bits per heavy atom. The second kappa shape index (κ2) is 7.80. The van der Waals surface area contributed by atoms with E-state index in [1.807, 2.05) is 78.9 Å². The molecule has 0 aliphatic rings. The number of ketones is 1. The van der Waals surface area contributed by atoms with E-state index in [0.717, 1.165) is 28.0 Å². The molecule has 0 amide bonds. The summed E-state index contributed by atoms with van der Waals surface area (Å²) in [5.41, 5.74) is 4.02. The van der Waals surface area contributed by atoms with Gasteiger partial charge in [-0.3, -0.25) is 4.79 Å². The zero-order valence-corrected chi connectivity index (χ0v) is 14.3. The van der Waals surface area contributed by atoms with E-state index >= 15 is 0 Å². The summed E-state index contributed by atoms with van der Waals surface area (Å²) in [6.45, 7) is 6.05. The Balaban J connectivity index is 1.75. The highest BCUT2D eigenvalue weighted by Gasteiger charge is 2.19. The molecule has 3 aromatic carbocycles. The third kappa shape index (κ3) is 4.36. The van der Waals surface area contributed by atoms with E-state index < -0.39 is 0 Å². The van der Waals surface area contributed by atoms with E-state index in [2.05, 4.69) is 6.92 Å². The molecular weight excluding hydrogens is 308 g/mol. The quantitative estimate of drug-likeness (QED) is 0.624. The SMILES string of the molecule is [CH2]c1ccc(C(C(C)=O)c2ccc(OCc3ccccc3)cc2)cc1. The lowest BCUT2D eigenvalue weighted by atomic mass is 9.88. The molecule has 0 aromatic heterocycles. The second-order valence-corrected chi connectivity index (χ2v) is 6.13. The molecule has 1 unspecified atom stereocenters. The van der Waals surface area contributed by atoms with E-state index in [4.69, 9.17) is 4.74 Å². The molecule has 1 radical (unpaired) electrons. The summed E-state index contributed by atoms with van der Waals surface area (Å²) in [7, 11) is 0. The van der Waals surface area contributed by atoms with E-state index in [1.54, 1.807) is 6.92 Å². The molecule has 3 aromatic rings. The van der Waals surface area contributed by atoms with Crippen LogP contribution in [0.1, 0.15) is 35.1 Å². The fraction of sp³-hybridized carbons (Fsp3) is 0.130. The van der Waals surface area contributed by atoms with Gasteiger partial charge in [-0.25, -0.2) is 0 Å². The van der Waals surface area contributed by atoms with Gasteiger partial charge < -0.3 is 4.74 Å². The van der Waals surface area contributed by atoms with Crippen molar-refractivity contribution in [2.45, 2.75) is 19.4 Å². The zero-order chi connectivity index (χ0) is 17.6. The van der Waals surface area contributed by atoms with Crippen molar-refractivity contribution < 1.29 is 9.53 Å². The molecule has 0 fully saturated rings. The Labute approximate surface area is 149 Å². The van der Waals surface area contributed by atoms with Crippen LogP contribution < -0.4 is 4.74 Å². The van der Waals surface area contributed by atoms with Crippen LogP contribution in [0, 0.1) is 6.92 Å². The van der Waals surface area contributed by atoms with Gasteiger partial charge in [0.25, 0.3) is 0 Å². The fourth-order valence-electron chi connectivity index (χ4n) is 2.87. The number of benzene rings is 3. The van der Waals surface area contributed by atoms with Gasteiger partial charge in [0, 0.05) is 0 Å². The van der Waals surface area contributed by atoms with Crippen molar-refractivity contribution in [1.29, 1.82) is 0 Å². The minimum absolute atomic E-state index is 0.120. The zero-order valence-electron chi connectivity index (χ0n) is 14.3. The van der Waals surface area contributed by atoms with Gasteiger partial charge in [0.15, 0.2) is 0 Å². The first-order valence-electron chi connectivity index (χ1n) is 8.32. The van der Waals surface area contributed by atoms with Crippen LogP contribution in [0.3, 0.4) is 0 Å². The summed E-state index contributed by atoms with van der Waals surface area (Å²) in [4.78, 5) is 12.2. The highest BCUT2D eigenvalue weighted by atomic mass is 16.5. The van der Waals surface area contributed by atoms with Crippen molar-refractivity contribution in [2.75, 3.05) is 0 Å². The summed E-state index contributed by atoms with van der Waals surface area (Å²) in [5.74, 6) is 0.654. The molecule has 0 aliphatic carbocycles. The Morgan fingerprint density at radius 1 is 0.880 bits per heavy atom. The Kier molecular flexibility index (Phi) is 5.30. The summed E-state index contributed by atoms with van der Waals surface area (Å²) in [6.07, 6.45) is 0. The standard InChI is InChI=1S/C23H21O2/c1-17-8-10-20(11-9-17)23(18(2)24)21-12-14-22(15-13-21)25-16-19-6-4-3-5-7-19/h3-15,23H,1,16H2,2H3. The normalized spacial score (nSPS) is 11.8. The Morgan fingerprint density at radius 2 is 1.44 bits per heavy atom. The van der Waals surface area contributed by atoms with Crippen molar-refractivity contribution in [3.63, 3.8) is 0 Å². The van der Waals surface area contributed by atoms with Crippen molar-refractivity contribution in [3.05, 3.63) is 108 Å². The minimum Gasteiger partial charge on any atom is -0.489 e. The first-order chi connectivity index (χ1) is 12.1. The van der Waals surface area contributed by atoms with Crippen LogP contribution >= 0.6 is 0 Å². The van der Waals surface area contributed by atoms with Gasteiger partial charge in [-0.15, -0.1) is 0 Å². The van der Waals surface area contributed by atoms with Gasteiger partial charge in [0.2, 0.25) is 0 Å². The van der Waals surface area contributed by atoms with Crippen molar-refractivity contribution in [1.82, 2.24) is 0 Å².